The minimum Gasteiger partial charge on any atom is -0.497 e. The van der Waals surface area contributed by atoms with E-state index in [1.165, 1.54) is 0 Å². The number of rotatable bonds is 5. The van der Waals surface area contributed by atoms with Gasteiger partial charge < -0.3 is 14.6 Å². The number of hydrogen-bond acceptors (Lipinski definition) is 5. The number of carbonyl (C=O) groups is 1. The summed E-state index contributed by atoms with van der Waals surface area (Å²) in [6.07, 6.45) is 0. The molecule has 1 N–H and O–H groups in total. The first kappa shape index (κ1) is 16.7. The van der Waals surface area contributed by atoms with Gasteiger partial charge in [-0.05, 0) is 50.2 Å². The molecule has 128 valence electrons. The maximum Gasteiger partial charge on any atom is 0.252 e. The molecule has 25 heavy (non-hydrogen) atoms. The Morgan fingerprint density at radius 3 is 2.40 bits per heavy atom. The van der Waals surface area contributed by atoms with Crippen LogP contribution in [0.3, 0.4) is 0 Å². The molecule has 0 aliphatic heterocycles. The first-order valence-electron chi connectivity index (χ1n) is 7.86. The molecule has 0 atom stereocenters. The Labute approximate surface area is 145 Å². The Bertz CT molecular complexity index is 855. The van der Waals surface area contributed by atoms with Crippen molar-refractivity contribution >= 4 is 5.91 Å². The molecule has 6 heteroatoms. The van der Waals surface area contributed by atoms with Crippen LogP contribution in [0.2, 0.25) is 0 Å². The fraction of sp³-hybridized carbons (Fsp3) is 0.211. The van der Waals surface area contributed by atoms with Gasteiger partial charge in [-0.1, -0.05) is 23.4 Å². The molecule has 0 unspecified atom stereocenters. The van der Waals surface area contributed by atoms with E-state index in [0.717, 1.165) is 11.3 Å². The van der Waals surface area contributed by atoms with Gasteiger partial charge in [0.15, 0.2) is 0 Å². The number of nitrogens with zero attached hydrogens (tertiary/aromatic N) is 2. The van der Waals surface area contributed by atoms with Gasteiger partial charge in [-0.3, -0.25) is 4.79 Å². The third-order valence-electron chi connectivity index (χ3n) is 3.77. The largest absolute Gasteiger partial charge is 0.497 e. The van der Waals surface area contributed by atoms with Gasteiger partial charge in [0.1, 0.15) is 11.3 Å². The molecule has 6 nitrogen and oxygen atoms in total. The van der Waals surface area contributed by atoms with Gasteiger partial charge in [-0.25, -0.2) is 0 Å². The number of methoxy groups -OCH3 is 1. The van der Waals surface area contributed by atoms with E-state index in [2.05, 4.69) is 15.5 Å². The minimum absolute atomic E-state index is 0.199. The molecule has 1 aromatic heterocycles. The normalized spacial score (nSPS) is 11.2. The van der Waals surface area contributed by atoms with Gasteiger partial charge >= 0.3 is 0 Å². The second kappa shape index (κ2) is 6.76. The van der Waals surface area contributed by atoms with E-state index in [1.54, 1.807) is 19.2 Å². The summed E-state index contributed by atoms with van der Waals surface area (Å²) in [6, 6.07) is 16.4. The van der Waals surface area contributed by atoms with Crippen LogP contribution in [0, 0.1) is 0 Å². The van der Waals surface area contributed by atoms with Crippen LogP contribution in [-0.4, -0.2) is 23.2 Å². The van der Waals surface area contributed by atoms with Crippen molar-refractivity contribution in [2.45, 2.75) is 19.4 Å². The Morgan fingerprint density at radius 2 is 1.76 bits per heavy atom. The van der Waals surface area contributed by atoms with E-state index in [4.69, 9.17) is 9.26 Å². The smallest absolute Gasteiger partial charge is 0.252 e. The van der Waals surface area contributed by atoms with Crippen LogP contribution in [0.5, 0.6) is 5.75 Å². The highest BCUT2D eigenvalue weighted by Crippen LogP contribution is 2.24. The standard InChI is InChI=1S/C19H19N3O3/c1-19(2,21-17(23)14-7-5-4-6-8-14)18-20-16(22-25-18)13-9-11-15(24-3)12-10-13/h4-12H,1-3H3,(H,21,23). The Morgan fingerprint density at radius 1 is 1.08 bits per heavy atom. The lowest BCUT2D eigenvalue weighted by Gasteiger charge is -2.21. The monoisotopic (exact) mass is 337 g/mol. The fourth-order valence-electron chi connectivity index (χ4n) is 2.33. The molecule has 0 bridgehead atoms. The summed E-state index contributed by atoms with van der Waals surface area (Å²) >= 11 is 0. The van der Waals surface area contributed by atoms with Gasteiger partial charge in [-0.2, -0.15) is 4.98 Å². The summed E-state index contributed by atoms with van der Waals surface area (Å²) in [7, 11) is 1.61. The summed E-state index contributed by atoms with van der Waals surface area (Å²) < 4.78 is 10.5. The number of ether oxygens (including phenoxy) is 1. The predicted molar refractivity (Wildman–Crippen MR) is 93.2 cm³/mol. The molecule has 0 saturated heterocycles. The average Bonchev–Trinajstić information content (AvgIpc) is 3.13. The topological polar surface area (TPSA) is 77.3 Å². The van der Waals surface area contributed by atoms with Crippen molar-refractivity contribution in [3.05, 3.63) is 66.1 Å². The highest BCUT2D eigenvalue weighted by molar-refractivity contribution is 5.94. The van der Waals surface area contributed by atoms with E-state index in [9.17, 15) is 4.79 Å². The molecule has 3 aromatic rings. The Hall–Kier alpha value is -3.15. The van der Waals surface area contributed by atoms with Crippen molar-refractivity contribution in [3.63, 3.8) is 0 Å². The molecule has 3 rings (SSSR count). The van der Waals surface area contributed by atoms with Crippen molar-refractivity contribution in [1.82, 2.24) is 15.5 Å². The first-order chi connectivity index (χ1) is 12.0. The molecule has 2 aromatic carbocycles. The number of nitrogens with one attached hydrogen (secondary N) is 1. The van der Waals surface area contributed by atoms with E-state index < -0.39 is 5.54 Å². The number of carbonyl (C=O) groups excluding carboxylic acids is 1. The van der Waals surface area contributed by atoms with Crippen molar-refractivity contribution in [1.29, 1.82) is 0 Å². The molecule has 1 heterocycles. The lowest BCUT2D eigenvalue weighted by molar-refractivity contribution is 0.0895. The van der Waals surface area contributed by atoms with E-state index in [-0.39, 0.29) is 5.91 Å². The van der Waals surface area contributed by atoms with Gasteiger partial charge in [-0.15, -0.1) is 0 Å². The molecule has 0 saturated carbocycles. The molecule has 0 aliphatic rings. The zero-order valence-corrected chi connectivity index (χ0v) is 14.3. The maximum atomic E-state index is 12.4. The second-order valence-electron chi connectivity index (χ2n) is 6.10. The quantitative estimate of drug-likeness (QED) is 0.772. The van der Waals surface area contributed by atoms with Crippen LogP contribution in [0.4, 0.5) is 0 Å². The lowest BCUT2D eigenvalue weighted by Crippen LogP contribution is -2.41. The van der Waals surface area contributed by atoms with Gasteiger partial charge in [0.05, 0.1) is 7.11 Å². The van der Waals surface area contributed by atoms with Crippen molar-refractivity contribution in [3.8, 4) is 17.1 Å². The maximum absolute atomic E-state index is 12.4. The number of amides is 1. The van der Waals surface area contributed by atoms with Gasteiger partial charge in [0.2, 0.25) is 5.82 Å². The van der Waals surface area contributed by atoms with Gasteiger partial charge in [0.25, 0.3) is 11.8 Å². The predicted octanol–water partition coefficient (Wildman–Crippen LogP) is 3.41. The Balaban J connectivity index is 1.78. The molecule has 1 amide bonds. The average molecular weight is 337 g/mol. The van der Waals surface area contributed by atoms with E-state index in [0.29, 0.717) is 17.3 Å². The molecule has 0 radical (unpaired) electrons. The van der Waals surface area contributed by atoms with Crippen LogP contribution in [0.15, 0.2) is 59.1 Å². The number of aromatic nitrogens is 2. The third kappa shape index (κ3) is 3.68. The van der Waals surface area contributed by atoms with Gasteiger partial charge in [0, 0.05) is 11.1 Å². The number of benzene rings is 2. The number of hydrogen-bond donors (Lipinski definition) is 1. The highest BCUT2D eigenvalue weighted by atomic mass is 16.5. The SMILES string of the molecule is COc1ccc(-c2noc(C(C)(C)NC(=O)c3ccccc3)n2)cc1. The fourth-order valence-corrected chi connectivity index (χ4v) is 2.33. The summed E-state index contributed by atoms with van der Waals surface area (Å²) in [5, 5.41) is 6.93. The lowest BCUT2D eigenvalue weighted by atomic mass is 10.0. The van der Waals surface area contributed by atoms with Crippen LogP contribution >= 0.6 is 0 Å². The zero-order valence-electron chi connectivity index (χ0n) is 14.3. The van der Waals surface area contributed by atoms with E-state index >= 15 is 0 Å². The third-order valence-corrected chi connectivity index (χ3v) is 3.77. The van der Waals surface area contributed by atoms with E-state index in [1.807, 2.05) is 56.3 Å². The molecular weight excluding hydrogens is 318 g/mol. The summed E-state index contributed by atoms with van der Waals surface area (Å²) in [6.45, 7) is 3.64. The summed E-state index contributed by atoms with van der Waals surface area (Å²) in [5.74, 6) is 1.35. The molecule has 0 spiro atoms. The van der Waals surface area contributed by atoms with Crippen LogP contribution < -0.4 is 10.1 Å². The van der Waals surface area contributed by atoms with Crippen molar-refractivity contribution in [2.24, 2.45) is 0 Å². The highest BCUT2D eigenvalue weighted by Gasteiger charge is 2.30. The van der Waals surface area contributed by atoms with Crippen LogP contribution in [-0.2, 0) is 5.54 Å². The summed E-state index contributed by atoms with van der Waals surface area (Å²) in [4.78, 5) is 16.8. The minimum atomic E-state index is -0.801. The van der Waals surface area contributed by atoms with Crippen LogP contribution in [0.25, 0.3) is 11.4 Å². The Kier molecular flexibility index (Phi) is 4.52. The first-order valence-corrected chi connectivity index (χ1v) is 7.86. The van der Waals surface area contributed by atoms with Crippen molar-refractivity contribution < 1.29 is 14.1 Å². The zero-order chi connectivity index (χ0) is 17.9. The van der Waals surface area contributed by atoms with Crippen LogP contribution in [0.1, 0.15) is 30.1 Å². The molecule has 0 fully saturated rings. The summed E-state index contributed by atoms with van der Waals surface area (Å²) in [5.41, 5.74) is 0.580. The van der Waals surface area contributed by atoms with Crippen molar-refractivity contribution in [2.75, 3.05) is 7.11 Å². The second-order valence-corrected chi connectivity index (χ2v) is 6.10. The molecular formula is C19H19N3O3. The molecule has 0 aliphatic carbocycles.